The highest BCUT2D eigenvalue weighted by Crippen LogP contribution is 2.32. The lowest BCUT2D eigenvalue weighted by molar-refractivity contribution is -0.153. The van der Waals surface area contributed by atoms with Gasteiger partial charge in [0, 0.05) is 6.42 Å². The molecule has 1 aromatic rings. The summed E-state index contributed by atoms with van der Waals surface area (Å²) in [5, 5.41) is 9.76. The average molecular weight is 316 g/mol. The minimum Gasteiger partial charge on any atom is -0.493 e. The number of methoxy groups -OCH3 is 2. The number of halogens is 4. The number of aliphatic hydroxyl groups excluding tert-OH is 1. The van der Waals surface area contributed by atoms with E-state index in [2.05, 4.69) is 0 Å². The molecule has 116 valence electrons. The molecule has 0 aromatic heterocycles. The zero-order valence-electron chi connectivity index (χ0n) is 11.0. The molecule has 0 aliphatic heterocycles. The van der Waals surface area contributed by atoms with Crippen molar-refractivity contribution >= 4 is 12.4 Å². The molecule has 0 bridgehead atoms. The second-order valence-corrected chi connectivity index (χ2v) is 4.01. The van der Waals surface area contributed by atoms with E-state index in [1.54, 1.807) is 0 Å². The summed E-state index contributed by atoms with van der Waals surface area (Å²) in [6, 6.07) is 2.33. The number of alkyl halides is 3. The molecule has 3 N–H and O–H groups in total. The van der Waals surface area contributed by atoms with Gasteiger partial charge in [-0.1, -0.05) is 6.07 Å². The van der Waals surface area contributed by atoms with Gasteiger partial charge in [0.05, 0.1) is 20.3 Å². The minimum absolute atomic E-state index is 0. The molecule has 4 nitrogen and oxygen atoms in total. The van der Waals surface area contributed by atoms with Crippen LogP contribution in [0.2, 0.25) is 0 Å². The SMILES string of the molecule is COc1ccc([C@H](O)C[C@@H](N)C(F)(F)F)cc1OC.Cl. The maximum atomic E-state index is 12.3. The fourth-order valence-corrected chi connectivity index (χ4v) is 1.57. The molecule has 0 aliphatic rings. The molecule has 0 saturated heterocycles. The summed E-state index contributed by atoms with van der Waals surface area (Å²) >= 11 is 0. The van der Waals surface area contributed by atoms with E-state index >= 15 is 0 Å². The largest absolute Gasteiger partial charge is 0.493 e. The second kappa shape index (κ2) is 7.56. The monoisotopic (exact) mass is 315 g/mol. The van der Waals surface area contributed by atoms with E-state index in [1.165, 1.54) is 32.4 Å². The third kappa shape index (κ3) is 4.73. The summed E-state index contributed by atoms with van der Waals surface area (Å²) in [5.74, 6) is 0.762. The lowest BCUT2D eigenvalue weighted by atomic mass is 10.0. The van der Waals surface area contributed by atoms with Gasteiger partial charge in [0.1, 0.15) is 6.04 Å². The summed E-state index contributed by atoms with van der Waals surface area (Å²) in [4.78, 5) is 0. The molecule has 0 saturated carbocycles. The van der Waals surface area contributed by atoms with Crippen molar-refractivity contribution in [2.45, 2.75) is 24.7 Å². The summed E-state index contributed by atoms with van der Waals surface area (Å²) in [7, 11) is 2.84. The Hall–Kier alpha value is -1.18. The highest BCUT2D eigenvalue weighted by molar-refractivity contribution is 5.85. The molecule has 8 heteroatoms. The minimum atomic E-state index is -4.53. The van der Waals surface area contributed by atoms with Gasteiger partial charge in [-0.3, -0.25) is 0 Å². The Bertz CT molecular complexity index is 429. The Labute approximate surface area is 121 Å². The first kappa shape index (κ1) is 18.8. The number of hydrogen-bond acceptors (Lipinski definition) is 4. The van der Waals surface area contributed by atoms with Gasteiger partial charge < -0.3 is 20.3 Å². The predicted molar refractivity (Wildman–Crippen MR) is 70.4 cm³/mol. The lowest BCUT2D eigenvalue weighted by Crippen LogP contribution is -2.38. The maximum Gasteiger partial charge on any atom is 0.403 e. The third-order valence-electron chi connectivity index (χ3n) is 2.69. The van der Waals surface area contributed by atoms with Crippen molar-refractivity contribution in [1.29, 1.82) is 0 Å². The van der Waals surface area contributed by atoms with E-state index in [0.29, 0.717) is 11.5 Å². The highest BCUT2D eigenvalue weighted by atomic mass is 35.5. The molecular weight excluding hydrogens is 299 g/mol. The molecule has 1 rings (SSSR count). The van der Waals surface area contributed by atoms with Crippen LogP contribution in [0.5, 0.6) is 11.5 Å². The van der Waals surface area contributed by atoms with Gasteiger partial charge >= 0.3 is 6.18 Å². The van der Waals surface area contributed by atoms with Gasteiger partial charge in [-0.25, -0.2) is 0 Å². The molecule has 0 aliphatic carbocycles. The second-order valence-electron chi connectivity index (χ2n) is 4.01. The van der Waals surface area contributed by atoms with Crippen LogP contribution in [0.25, 0.3) is 0 Å². The van der Waals surface area contributed by atoms with Gasteiger partial charge in [-0.05, 0) is 17.7 Å². The average Bonchev–Trinajstić information content (AvgIpc) is 2.36. The number of nitrogens with two attached hydrogens (primary N) is 1. The van der Waals surface area contributed by atoms with E-state index in [4.69, 9.17) is 15.2 Å². The van der Waals surface area contributed by atoms with Gasteiger partial charge in [-0.15, -0.1) is 12.4 Å². The number of rotatable bonds is 5. The van der Waals surface area contributed by atoms with E-state index in [0.717, 1.165) is 0 Å². The fourth-order valence-electron chi connectivity index (χ4n) is 1.57. The van der Waals surface area contributed by atoms with Crippen molar-refractivity contribution < 1.29 is 27.8 Å². The predicted octanol–water partition coefficient (Wildman–Crippen LogP) is 2.44. The van der Waals surface area contributed by atoms with Crippen LogP contribution in [0, 0.1) is 0 Å². The van der Waals surface area contributed by atoms with E-state index in [1.807, 2.05) is 0 Å². The van der Waals surface area contributed by atoms with Crippen LogP contribution in [0.1, 0.15) is 18.1 Å². The molecule has 2 atom stereocenters. The molecular formula is C12H17ClF3NO3. The Morgan fingerprint density at radius 1 is 1.20 bits per heavy atom. The standard InChI is InChI=1S/C12H16F3NO3.ClH/c1-18-9-4-3-7(5-10(9)19-2)8(17)6-11(16)12(13,14)15;/h3-5,8,11,17H,6,16H2,1-2H3;1H/t8-,11-;/m1./s1. The topological polar surface area (TPSA) is 64.7 Å². The number of benzene rings is 1. The van der Waals surface area contributed by atoms with Gasteiger partial charge in [-0.2, -0.15) is 13.2 Å². The van der Waals surface area contributed by atoms with Crippen molar-refractivity contribution in [2.75, 3.05) is 14.2 Å². The first-order valence-corrected chi connectivity index (χ1v) is 5.52. The van der Waals surface area contributed by atoms with E-state index < -0.39 is 24.7 Å². The third-order valence-corrected chi connectivity index (χ3v) is 2.69. The quantitative estimate of drug-likeness (QED) is 0.876. The van der Waals surface area contributed by atoms with Crippen LogP contribution < -0.4 is 15.2 Å². The van der Waals surface area contributed by atoms with Gasteiger partial charge in [0.2, 0.25) is 0 Å². The van der Waals surface area contributed by atoms with Crippen molar-refractivity contribution in [1.82, 2.24) is 0 Å². The van der Waals surface area contributed by atoms with Crippen molar-refractivity contribution in [3.63, 3.8) is 0 Å². The summed E-state index contributed by atoms with van der Waals surface area (Å²) in [6.07, 6.45) is -6.47. The number of aliphatic hydroxyl groups is 1. The maximum absolute atomic E-state index is 12.3. The zero-order chi connectivity index (χ0) is 14.6. The highest BCUT2D eigenvalue weighted by Gasteiger charge is 2.38. The first-order valence-electron chi connectivity index (χ1n) is 5.52. The fraction of sp³-hybridized carbons (Fsp3) is 0.500. The first-order chi connectivity index (χ1) is 8.79. The van der Waals surface area contributed by atoms with Crippen LogP contribution >= 0.6 is 12.4 Å². The molecule has 0 spiro atoms. The summed E-state index contributed by atoms with van der Waals surface area (Å²) in [5.41, 5.74) is 5.26. The molecule has 0 amide bonds. The molecule has 20 heavy (non-hydrogen) atoms. The summed E-state index contributed by atoms with van der Waals surface area (Å²) in [6.45, 7) is 0. The Kier molecular flexibility index (Phi) is 7.12. The Morgan fingerprint density at radius 2 is 1.75 bits per heavy atom. The molecule has 0 unspecified atom stereocenters. The van der Waals surface area contributed by atoms with Crippen LogP contribution in [0.15, 0.2) is 18.2 Å². The lowest BCUT2D eigenvalue weighted by Gasteiger charge is -2.20. The normalized spacial score (nSPS) is 14.2. The van der Waals surface area contributed by atoms with Crippen molar-refractivity contribution in [3.05, 3.63) is 23.8 Å². The molecule has 1 aromatic carbocycles. The number of hydrogen-bond donors (Lipinski definition) is 2. The van der Waals surface area contributed by atoms with Gasteiger partial charge in [0.25, 0.3) is 0 Å². The van der Waals surface area contributed by atoms with E-state index in [9.17, 15) is 18.3 Å². The van der Waals surface area contributed by atoms with Crippen LogP contribution in [-0.4, -0.2) is 31.5 Å². The van der Waals surface area contributed by atoms with Crippen molar-refractivity contribution in [3.8, 4) is 11.5 Å². The molecule has 0 radical (unpaired) electrons. The van der Waals surface area contributed by atoms with Crippen LogP contribution in [0.3, 0.4) is 0 Å². The summed E-state index contributed by atoms with van der Waals surface area (Å²) < 4.78 is 46.9. The van der Waals surface area contributed by atoms with E-state index in [-0.39, 0.29) is 18.0 Å². The van der Waals surface area contributed by atoms with Crippen LogP contribution in [-0.2, 0) is 0 Å². The Balaban J connectivity index is 0.00000361. The molecule has 0 fully saturated rings. The van der Waals surface area contributed by atoms with Gasteiger partial charge in [0.15, 0.2) is 11.5 Å². The van der Waals surface area contributed by atoms with Crippen molar-refractivity contribution in [2.24, 2.45) is 5.73 Å². The number of ether oxygens (including phenoxy) is 2. The molecule has 0 heterocycles. The zero-order valence-corrected chi connectivity index (χ0v) is 11.8. The Morgan fingerprint density at radius 3 is 2.20 bits per heavy atom. The van der Waals surface area contributed by atoms with Crippen LogP contribution in [0.4, 0.5) is 13.2 Å². The smallest absolute Gasteiger partial charge is 0.403 e.